The van der Waals surface area contributed by atoms with E-state index in [1.54, 1.807) is 6.20 Å². The summed E-state index contributed by atoms with van der Waals surface area (Å²) in [6.07, 6.45) is 9.64. The lowest BCUT2D eigenvalue weighted by Crippen LogP contribution is -2.57. The molecular formula is C23H35N7O2. The van der Waals surface area contributed by atoms with Gasteiger partial charge >= 0.3 is 6.03 Å². The Morgan fingerprint density at radius 1 is 1.12 bits per heavy atom. The van der Waals surface area contributed by atoms with E-state index in [0.29, 0.717) is 42.0 Å². The maximum atomic E-state index is 12.7. The fraction of sp³-hybridized carbons (Fsp3) is 0.739. The predicted octanol–water partition coefficient (Wildman–Crippen LogP) is 2.61. The standard InChI is InChI=1S/C23H35N7O2/c1-15(2)28-10-6-7-17(14-28)25-23(32)29-12-16(13-29)20-26-21-19(22(31)27-20)11-24-30(21)18-8-4-3-5-9-18/h11,15-18H,3-10,12-14H2,1-2H3,(H,25,32)(H,26,27,31). The minimum absolute atomic E-state index is 0.00692. The zero-order valence-corrected chi connectivity index (χ0v) is 19.2. The molecule has 3 fully saturated rings. The van der Waals surface area contributed by atoms with Gasteiger partial charge in [-0.3, -0.25) is 9.69 Å². The second-order valence-electron chi connectivity index (χ2n) is 10.0. The molecule has 2 aromatic rings. The second kappa shape index (κ2) is 8.84. The quantitative estimate of drug-likeness (QED) is 0.760. The smallest absolute Gasteiger partial charge is 0.317 e. The van der Waals surface area contributed by atoms with E-state index >= 15 is 0 Å². The van der Waals surface area contributed by atoms with E-state index in [1.165, 1.54) is 19.3 Å². The number of nitrogens with zero attached hydrogens (tertiary/aromatic N) is 5. The first kappa shape index (κ1) is 21.4. The molecule has 1 unspecified atom stereocenters. The minimum atomic E-state index is -0.133. The van der Waals surface area contributed by atoms with Gasteiger partial charge in [0.1, 0.15) is 11.2 Å². The van der Waals surface area contributed by atoms with E-state index in [2.05, 4.69) is 34.1 Å². The van der Waals surface area contributed by atoms with Crippen LogP contribution in [0.5, 0.6) is 0 Å². The first-order valence-electron chi connectivity index (χ1n) is 12.3. The van der Waals surface area contributed by atoms with Crippen molar-refractivity contribution in [3.63, 3.8) is 0 Å². The molecule has 4 heterocycles. The van der Waals surface area contributed by atoms with Crippen LogP contribution in [0.3, 0.4) is 0 Å². The number of H-pyrrole nitrogens is 1. The molecule has 1 atom stereocenters. The number of hydrogen-bond acceptors (Lipinski definition) is 5. The van der Waals surface area contributed by atoms with Crippen LogP contribution in [-0.4, -0.2) is 73.8 Å². The highest BCUT2D eigenvalue weighted by atomic mass is 16.2. The Labute approximate surface area is 188 Å². The predicted molar refractivity (Wildman–Crippen MR) is 123 cm³/mol. The number of nitrogens with one attached hydrogen (secondary N) is 2. The fourth-order valence-corrected chi connectivity index (χ4v) is 5.42. The van der Waals surface area contributed by atoms with Gasteiger partial charge in [-0.05, 0) is 46.1 Å². The Balaban J connectivity index is 1.23. The van der Waals surface area contributed by atoms with Crippen molar-refractivity contribution in [2.45, 2.75) is 82.8 Å². The van der Waals surface area contributed by atoms with Crippen molar-refractivity contribution in [2.24, 2.45) is 0 Å². The van der Waals surface area contributed by atoms with Crippen LogP contribution >= 0.6 is 0 Å². The molecule has 2 saturated heterocycles. The Kier molecular flexibility index (Phi) is 5.92. The third kappa shape index (κ3) is 4.14. The zero-order chi connectivity index (χ0) is 22.2. The number of aromatic amines is 1. The number of carbonyl (C=O) groups excluding carboxylic acids is 1. The molecule has 1 saturated carbocycles. The van der Waals surface area contributed by atoms with Crippen molar-refractivity contribution in [1.82, 2.24) is 34.9 Å². The van der Waals surface area contributed by atoms with Crippen molar-refractivity contribution in [3.05, 3.63) is 22.4 Å². The lowest BCUT2D eigenvalue weighted by Gasteiger charge is -2.41. The molecular weight excluding hydrogens is 406 g/mol. The van der Waals surface area contributed by atoms with Crippen molar-refractivity contribution in [2.75, 3.05) is 26.2 Å². The molecule has 9 nitrogen and oxygen atoms in total. The number of amides is 2. The fourth-order valence-electron chi connectivity index (χ4n) is 5.42. The van der Waals surface area contributed by atoms with E-state index in [9.17, 15) is 9.59 Å². The Hall–Kier alpha value is -2.42. The molecule has 0 radical (unpaired) electrons. The second-order valence-corrected chi connectivity index (χ2v) is 10.0. The summed E-state index contributed by atoms with van der Waals surface area (Å²) in [7, 11) is 0. The van der Waals surface area contributed by atoms with Gasteiger partial charge in [-0.15, -0.1) is 0 Å². The summed E-state index contributed by atoms with van der Waals surface area (Å²) in [5.74, 6) is 0.735. The normalized spacial score (nSPS) is 23.6. The summed E-state index contributed by atoms with van der Waals surface area (Å²) < 4.78 is 1.96. The lowest BCUT2D eigenvalue weighted by molar-refractivity contribution is 0.125. The van der Waals surface area contributed by atoms with Gasteiger partial charge in [0.05, 0.1) is 18.2 Å². The van der Waals surface area contributed by atoms with Crippen LogP contribution in [0.4, 0.5) is 4.79 Å². The van der Waals surface area contributed by atoms with Gasteiger partial charge < -0.3 is 15.2 Å². The van der Waals surface area contributed by atoms with Gasteiger partial charge in [0.25, 0.3) is 5.56 Å². The Bertz CT molecular complexity index is 1020. The van der Waals surface area contributed by atoms with E-state index in [4.69, 9.17) is 4.98 Å². The summed E-state index contributed by atoms with van der Waals surface area (Å²) in [5.41, 5.74) is 0.556. The number of carbonyl (C=O) groups is 1. The van der Waals surface area contributed by atoms with E-state index in [0.717, 1.165) is 38.8 Å². The topological polar surface area (TPSA) is 99.2 Å². The van der Waals surface area contributed by atoms with E-state index in [-0.39, 0.29) is 23.6 Å². The number of piperidine rings is 1. The molecule has 2 N–H and O–H groups in total. The first-order chi connectivity index (χ1) is 15.5. The van der Waals surface area contributed by atoms with Crippen LogP contribution in [0.15, 0.2) is 11.0 Å². The van der Waals surface area contributed by atoms with Crippen molar-refractivity contribution < 1.29 is 4.79 Å². The molecule has 0 spiro atoms. The molecule has 0 aromatic carbocycles. The van der Waals surface area contributed by atoms with Crippen molar-refractivity contribution in [1.29, 1.82) is 0 Å². The van der Waals surface area contributed by atoms with Crippen LogP contribution in [0.1, 0.15) is 76.6 Å². The molecule has 1 aliphatic carbocycles. The summed E-state index contributed by atoms with van der Waals surface area (Å²) >= 11 is 0. The highest BCUT2D eigenvalue weighted by molar-refractivity contribution is 5.76. The third-order valence-electron chi connectivity index (χ3n) is 7.47. The molecule has 5 rings (SSSR count). The maximum absolute atomic E-state index is 12.7. The van der Waals surface area contributed by atoms with Crippen LogP contribution in [0.25, 0.3) is 11.0 Å². The van der Waals surface area contributed by atoms with Gasteiger partial charge in [-0.25, -0.2) is 14.5 Å². The van der Waals surface area contributed by atoms with Crippen LogP contribution < -0.4 is 10.9 Å². The van der Waals surface area contributed by atoms with Crippen LogP contribution in [-0.2, 0) is 0 Å². The molecule has 2 aliphatic heterocycles. The monoisotopic (exact) mass is 441 g/mol. The van der Waals surface area contributed by atoms with Crippen molar-refractivity contribution >= 4 is 17.1 Å². The van der Waals surface area contributed by atoms with Crippen LogP contribution in [0, 0.1) is 0 Å². The maximum Gasteiger partial charge on any atom is 0.317 e. The molecule has 3 aliphatic rings. The summed E-state index contributed by atoms with van der Waals surface area (Å²) in [5, 5.41) is 8.27. The number of rotatable bonds is 4. The molecule has 2 amide bonds. The van der Waals surface area contributed by atoms with Gasteiger partial charge in [0.2, 0.25) is 0 Å². The van der Waals surface area contributed by atoms with E-state index < -0.39 is 0 Å². The van der Waals surface area contributed by atoms with Gasteiger partial charge in [0.15, 0.2) is 5.65 Å². The third-order valence-corrected chi connectivity index (χ3v) is 7.47. The van der Waals surface area contributed by atoms with E-state index in [1.807, 2.05) is 9.58 Å². The lowest BCUT2D eigenvalue weighted by atomic mass is 9.96. The highest BCUT2D eigenvalue weighted by Gasteiger charge is 2.35. The number of fused-ring (bicyclic) bond motifs is 1. The van der Waals surface area contributed by atoms with Crippen molar-refractivity contribution in [3.8, 4) is 0 Å². The van der Waals surface area contributed by atoms with Gasteiger partial charge in [-0.1, -0.05) is 19.3 Å². The minimum Gasteiger partial charge on any atom is -0.334 e. The summed E-state index contributed by atoms with van der Waals surface area (Å²) in [6, 6.07) is 1.03. The molecule has 32 heavy (non-hydrogen) atoms. The number of aromatic nitrogens is 4. The average Bonchev–Trinajstić information content (AvgIpc) is 3.18. The number of urea groups is 1. The Morgan fingerprint density at radius 3 is 2.66 bits per heavy atom. The van der Waals surface area contributed by atoms with Gasteiger partial charge in [0, 0.05) is 31.7 Å². The largest absolute Gasteiger partial charge is 0.334 e. The molecule has 2 aromatic heterocycles. The Morgan fingerprint density at radius 2 is 1.91 bits per heavy atom. The highest BCUT2D eigenvalue weighted by Crippen LogP contribution is 2.30. The SMILES string of the molecule is CC(C)N1CCCC(NC(=O)N2CC(c3nc4c(cnn4C4CCCCC4)c(=O)[nH]3)C2)C1. The van der Waals surface area contributed by atoms with Crippen LogP contribution in [0.2, 0.25) is 0 Å². The summed E-state index contributed by atoms with van der Waals surface area (Å²) in [6.45, 7) is 7.59. The number of likely N-dealkylation sites (tertiary alicyclic amines) is 2. The molecule has 9 heteroatoms. The number of hydrogen-bond donors (Lipinski definition) is 2. The summed E-state index contributed by atoms with van der Waals surface area (Å²) in [4.78, 5) is 37.4. The average molecular weight is 442 g/mol. The zero-order valence-electron chi connectivity index (χ0n) is 19.2. The first-order valence-corrected chi connectivity index (χ1v) is 12.3. The van der Waals surface area contributed by atoms with Gasteiger partial charge in [-0.2, -0.15) is 5.10 Å². The molecule has 0 bridgehead atoms. The molecule has 174 valence electrons.